The molecule has 12 aromatic rings. The van der Waals surface area contributed by atoms with Crippen molar-refractivity contribution < 1.29 is 4.42 Å². The van der Waals surface area contributed by atoms with E-state index in [0.717, 1.165) is 61.4 Å². The van der Waals surface area contributed by atoms with Crippen molar-refractivity contribution in [1.82, 2.24) is 19.1 Å². The van der Waals surface area contributed by atoms with Crippen LogP contribution in [-0.2, 0) is 0 Å². The molecule has 0 unspecified atom stereocenters. The Morgan fingerprint density at radius 3 is 1.67 bits per heavy atom. The normalized spacial score (nSPS) is 12.0. The van der Waals surface area contributed by atoms with Gasteiger partial charge >= 0.3 is 0 Å². The monoisotopic (exact) mass is 702 g/mol. The van der Waals surface area contributed by atoms with Gasteiger partial charge in [-0.2, -0.15) is 0 Å². The fourth-order valence-electron chi connectivity index (χ4n) is 8.60. The first-order chi connectivity index (χ1) is 27.3. The van der Waals surface area contributed by atoms with Crippen molar-refractivity contribution in [2.45, 2.75) is 0 Å². The maximum atomic E-state index is 6.33. The molecular weight excluding hydrogens is 673 g/mol. The number of furan rings is 1. The molecule has 0 spiro atoms. The standard InChI is InChI=1S/C50H30N4O/c1-2-14-35(15-3-1)53-42-19-9-6-16-37(42)39-27-24-34(30-44(39)53)48-47(51-49-40-18-8-11-21-46(40)55-50(49)52-48)31-22-25-36(26-23-31)54-43-20-10-7-17-38(43)41-28-32-12-4-5-13-33(32)29-45(41)54/h1-30H. The topological polar surface area (TPSA) is 48.8 Å². The summed E-state index contributed by atoms with van der Waals surface area (Å²) in [5, 5.41) is 8.29. The summed E-state index contributed by atoms with van der Waals surface area (Å²) in [7, 11) is 0. The van der Waals surface area contributed by atoms with Crippen molar-refractivity contribution in [2.75, 3.05) is 0 Å². The molecule has 0 atom stereocenters. The van der Waals surface area contributed by atoms with Crippen LogP contribution in [0.1, 0.15) is 0 Å². The van der Waals surface area contributed by atoms with E-state index in [4.69, 9.17) is 14.4 Å². The molecule has 256 valence electrons. The minimum Gasteiger partial charge on any atom is -0.436 e. The number of hydrogen-bond donors (Lipinski definition) is 0. The van der Waals surface area contributed by atoms with Crippen LogP contribution in [0.5, 0.6) is 0 Å². The van der Waals surface area contributed by atoms with Crippen LogP contribution in [0.4, 0.5) is 0 Å². The Hall–Kier alpha value is -7.50. The van der Waals surface area contributed by atoms with E-state index in [1.165, 1.54) is 43.4 Å². The highest BCUT2D eigenvalue weighted by Gasteiger charge is 2.21. The third-order valence-electron chi connectivity index (χ3n) is 11.1. The second-order valence-electron chi connectivity index (χ2n) is 14.2. The van der Waals surface area contributed by atoms with Crippen LogP contribution in [0.3, 0.4) is 0 Å². The first-order valence-electron chi connectivity index (χ1n) is 18.6. The lowest BCUT2D eigenvalue weighted by atomic mass is 10.0. The molecule has 55 heavy (non-hydrogen) atoms. The molecular formula is C50H30N4O. The van der Waals surface area contributed by atoms with Crippen LogP contribution >= 0.6 is 0 Å². The van der Waals surface area contributed by atoms with Gasteiger partial charge in [-0.3, -0.25) is 0 Å². The van der Waals surface area contributed by atoms with Crippen molar-refractivity contribution in [1.29, 1.82) is 0 Å². The van der Waals surface area contributed by atoms with Crippen LogP contribution in [0.2, 0.25) is 0 Å². The van der Waals surface area contributed by atoms with Crippen molar-refractivity contribution in [3.05, 3.63) is 182 Å². The van der Waals surface area contributed by atoms with Gasteiger partial charge in [0.25, 0.3) is 0 Å². The van der Waals surface area contributed by atoms with Crippen LogP contribution in [0, 0.1) is 0 Å². The van der Waals surface area contributed by atoms with Crippen LogP contribution in [-0.4, -0.2) is 19.1 Å². The summed E-state index contributed by atoms with van der Waals surface area (Å²) in [6, 6.07) is 64.5. The minimum atomic E-state index is 0.526. The Labute approximate surface area is 315 Å². The van der Waals surface area contributed by atoms with Crippen LogP contribution < -0.4 is 0 Å². The predicted molar refractivity (Wildman–Crippen MR) is 226 cm³/mol. The van der Waals surface area contributed by atoms with Gasteiger partial charge in [0.1, 0.15) is 16.8 Å². The number of benzene rings is 8. The largest absolute Gasteiger partial charge is 0.436 e. The number of hydrogen-bond acceptors (Lipinski definition) is 3. The Morgan fingerprint density at radius 1 is 0.364 bits per heavy atom. The number of fused-ring (bicyclic) bond motifs is 10. The van der Waals surface area contributed by atoms with Gasteiger partial charge in [0.05, 0.1) is 27.8 Å². The quantitative estimate of drug-likeness (QED) is 0.183. The molecule has 0 aliphatic carbocycles. The van der Waals surface area contributed by atoms with Gasteiger partial charge < -0.3 is 13.6 Å². The number of nitrogens with zero attached hydrogens (tertiary/aromatic N) is 4. The Balaban J connectivity index is 1.08. The highest BCUT2D eigenvalue weighted by Crippen LogP contribution is 2.40. The first kappa shape index (κ1) is 30.0. The zero-order valence-electron chi connectivity index (χ0n) is 29.5. The van der Waals surface area contributed by atoms with Crippen LogP contribution in [0.15, 0.2) is 186 Å². The molecule has 0 radical (unpaired) electrons. The van der Waals surface area contributed by atoms with E-state index >= 15 is 0 Å². The zero-order valence-corrected chi connectivity index (χ0v) is 29.5. The summed E-state index contributed by atoms with van der Waals surface area (Å²) < 4.78 is 11.0. The van der Waals surface area contributed by atoms with E-state index < -0.39 is 0 Å². The average Bonchev–Trinajstić information content (AvgIpc) is 3.89. The van der Waals surface area contributed by atoms with E-state index in [1.54, 1.807) is 0 Å². The third-order valence-corrected chi connectivity index (χ3v) is 11.1. The lowest BCUT2D eigenvalue weighted by molar-refractivity contribution is 0.653. The van der Waals surface area contributed by atoms with Crippen LogP contribution in [0.25, 0.3) is 110 Å². The number of para-hydroxylation sites is 4. The van der Waals surface area contributed by atoms with E-state index in [9.17, 15) is 0 Å². The van der Waals surface area contributed by atoms with Gasteiger partial charge in [-0.05, 0) is 77.5 Å². The molecule has 0 aliphatic rings. The molecule has 0 saturated heterocycles. The summed E-state index contributed by atoms with van der Waals surface area (Å²) >= 11 is 0. The molecule has 0 fully saturated rings. The molecule has 4 heterocycles. The van der Waals surface area contributed by atoms with E-state index in [1.807, 2.05) is 18.2 Å². The number of aromatic nitrogens is 4. The lowest BCUT2D eigenvalue weighted by Crippen LogP contribution is -1.97. The van der Waals surface area contributed by atoms with Gasteiger partial charge in [-0.15, -0.1) is 0 Å². The van der Waals surface area contributed by atoms with Crippen molar-refractivity contribution in [2.24, 2.45) is 0 Å². The van der Waals surface area contributed by atoms with Crippen molar-refractivity contribution in [3.63, 3.8) is 0 Å². The fraction of sp³-hybridized carbons (Fsp3) is 0. The second kappa shape index (κ2) is 11.5. The highest BCUT2D eigenvalue weighted by atomic mass is 16.3. The fourth-order valence-corrected chi connectivity index (χ4v) is 8.60. The van der Waals surface area contributed by atoms with Gasteiger partial charge in [-0.1, -0.05) is 115 Å². The van der Waals surface area contributed by atoms with Crippen molar-refractivity contribution in [3.8, 4) is 33.9 Å². The second-order valence-corrected chi connectivity index (χ2v) is 14.2. The molecule has 0 bridgehead atoms. The molecule has 0 N–H and O–H groups in total. The van der Waals surface area contributed by atoms with E-state index in [2.05, 4.69) is 173 Å². The van der Waals surface area contributed by atoms with Crippen molar-refractivity contribution >= 4 is 76.6 Å². The summed E-state index contributed by atoms with van der Waals surface area (Å²) in [4.78, 5) is 10.6. The summed E-state index contributed by atoms with van der Waals surface area (Å²) in [5.74, 6) is 0. The summed E-state index contributed by atoms with van der Waals surface area (Å²) in [5.41, 5.74) is 12.4. The smallest absolute Gasteiger partial charge is 0.246 e. The molecule has 8 aromatic carbocycles. The Kier molecular flexibility index (Phi) is 6.27. The summed E-state index contributed by atoms with van der Waals surface area (Å²) in [6.45, 7) is 0. The van der Waals surface area contributed by atoms with Gasteiger partial charge in [0.15, 0.2) is 0 Å². The van der Waals surface area contributed by atoms with E-state index in [-0.39, 0.29) is 0 Å². The molecule has 5 nitrogen and oxygen atoms in total. The third kappa shape index (κ3) is 4.47. The molecule has 0 amide bonds. The molecule has 0 aliphatic heterocycles. The predicted octanol–water partition coefficient (Wildman–Crippen LogP) is 13.1. The SMILES string of the molecule is c1ccc(-n2c3ccccc3c3ccc(-c4nc5oc6ccccc6c5nc4-c4ccc(-n5c6ccccc6c6cc7ccccc7cc65)cc4)cc32)cc1. The maximum absolute atomic E-state index is 6.33. The van der Waals surface area contributed by atoms with Gasteiger partial charge in [0, 0.05) is 49.4 Å². The minimum absolute atomic E-state index is 0.526. The molecule has 12 rings (SSSR count). The maximum Gasteiger partial charge on any atom is 0.246 e. The number of rotatable bonds is 4. The van der Waals surface area contributed by atoms with Gasteiger partial charge in [0.2, 0.25) is 5.71 Å². The average molecular weight is 703 g/mol. The van der Waals surface area contributed by atoms with E-state index in [0.29, 0.717) is 5.71 Å². The molecule has 5 heteroatoms. The summed E-state index contributed by atoms with van der Waals surface area (Å²) in [6.07, 6.45) is 0. The molecule has 4 aromatic heterocycles. The highest BCUT2D eigenvalue weighted by molar-refractivity contribution is 6.14. The molecule has 0 saturated carbocycles. The van der Waals surface area contributed by atoms with Gasteiger partial charge in [-0.25, -0.2) is 9.97 Å². The first-order valence-corrected chi connectivity index (χ1v) is 18.6. The lowest BCUT2D eigenvalue weighted by Gasteiger charge is -2.12. The Morgan fingerprint density at radius 2 is 0.909 bits per heavy atom. The zero-order chi connectivity index (χ0) is 36.0. The Bertz CT molecular complexity index is 3480.